The van der Waals surface area contributed by atoms with Crippen molar-refractivity contribution in [3.05, 3.63) is 0 Å². The second kappa shape index (κ2) is 18.4. The summed E-state index contributed by atoms with van der Waals surface area (Å²) in [7, 11) is 5.01. The van der Waals surface area contributed by atoms with Crippen LogP contribution in [0.4, 0.5) is 0 Å². The first-order valence-corrected chi connectivity index (χ1v) is 21.0. The van der Waals surface area contributed by atoms with Gasteiger partial charge in [-0.2, -0.15) is 0 Å². The number of hydrogen-bond donors (Lipinski definition) is 4. The summed E-state index contributed by atoms with van der Waals surface area (Å²) in [5, 5.41) is 37.0. The smallest absolute Gasteiger partial charge is 0.311 e. The van der Waals surface area contributed by atoms with Crippen LogP contribution < -0.4 is 5.32 Å². The molecule has 4 aliphatic heterocycles. The van der Waals surface area contributed by atoms with Crippen molar-refractivity contribution in [1.82, 2.24) is 10.2 Å². The summed E-state index contributed by atoms with van der Waals surface area (Å²) in [5.74, 6) is -3.49. The third-order valence-electron chi connectivity index (χ3n) is 12.9. The van der Waals surface area contributed by atoms with Gasteiger partial charge in [0.15, 0.2) is 18.7 Å². The summed E-state index contributed by atoms with van der Waals surface area (Å²) in [4.78, 5) is 35.2. The number of carbonyl (C=O) groups excluding carboxylic acids is 2. The standard InChI is InChI=1S/C42H75N3O13/c1-17-28-42(13,50)32(46)25(6)43-35(48)21(2)19-41(12,52-16)34(58-37-31-27(18-22(3)53-37)45(14)38(57-31)44-39(8,9)10)23(4)30(24(5)36(49)55-28)56-29-20-40(11,51-15)33(47)26(7)54-29/h21-34,37,46-47,50H,17-20H2,1-16H3,(H,43,48)/t21-,22-,23+,24-,25-,26+,27+,28-,29+,30+,31-,32-,33+,34-,37+,40-,41-,42-/m1/s1. The molecule has 0 aliphatic carbocycles. The average molecular weight is 830 g/mol. The van der Waals surface area contributed by atoms with Gasteiger partial charge in [0.2, 0.25) is 5.91 Å². The fraction of sp³-hybridized carbons (Fsp3) is 0.929. The molecule has 4 saturated heterocycles. The fourth-order valence-electron chi connectivity index (χ4n) is 9.14. The van der Waals surface area contributed by atoms with Gasteiger partial charge >= 0.3 is 5.97 Å². The number of likely N-dealkylation sites (N-methyl/N-ethyl adjacent to an activating group) is 1. The van der Waals surface area contributed by atoms with Gasteiger partial charge in [-0.05, 0) is 88.5 Å². The van der Waals surface area contributed by atoms with Gasteiger partial charge in [0.05, 0.1) is 59.2 Å². The minimum absolute atomic E-state index is 0.129. The second-order valence-corrected chi connectivity index (χ2v) is 19.0. The topological polar surface area (TPSA) is 196 Å². The predicted octanol–water partition coefficient (Wildman–Crippen LogP) is 3.30. The minimum atomic E-state index is -1.94. The molecule has 0 spiro atoms. The van der Waals surface area contributed by atoms with Gasteiger partial charge in [0.25, 0.3) is 6.02 Å². The molecule has 4 rings (SSSR count). The van der Waals surface area contributed by atoms with Crippen molar-refractivity contribution in [2.75, 3.05) is 21.3 Å². The largest absolute Gasteiger partial charge is 0.459 e. The Balaban J connectivity index is 1.88. The molecule has 4 N–H and O–H groups in total. The van der Waals surface area contributed by atoms with E-state index >= 15 is 0 Å². The van der Waals surface area contributed by atoms with Crippen LogP contribution in [0, 0.1) is 17.8 Å². The van der Waals surface area contributed by atoms with Crippen molar-refractivity contribution >= 4 is 17.9 Å². The van der Waals surface area contributed by atoms with Crippen LogP contribution in [-0.2, 0) is 47.5 Å². The quantitative estimate of drug-likeness (QED) is 0.273. The summed E-state index contributed by atoms with van der Waals surface area (Å²) in [6.07, 6.45) is -7.85. The highest BCUT2D eigenvalue weighted by Crippen LogP contribution is 2.42. The zero-order chi connectivity index (χ0) is 43.9. The van der Waals surface area contributed by atoms with Crippen LogP contribution in [0.5, 0.6) is 0 Å². The molecule has 4 aliphatic rings. The molecular weight excluding hydrogens is 754 g/mol. The Hall–Kier alpha value is -2.15. The van der Waals surface area contributed by atoms with Gasteiger partial charge in [-0.25, -0.2) is 4.99 Å². The zero-order valence-electron chi connectivity index (χ0n) is 37.8. The molecule has 4 fully saturated rings. The molecule has 0 radical (unpaired) electrons. The van der Waals surface area contributed by atoms with Crippen molar-refractivity contribution in [2.45, 2.75) is 212 Å². The molecule has 4 heterocycles. The van der Waals surface area contributed by atoms with E-state index in [2.05, 4.69) is 5.32 Å². The molecule has 0 aromatic rings. The highest BCUT2D eigenvalue weighted by molar-refractivity contribution is 5.79. The van der Waals surface area contributed by atoms with E-state index in [1.165, 1.54) is 14.0 Å². The number of nitrogens with zero attached hydrogens (tertiary/aromatic N) is 2. The third-order valence-corrected chi connectivity index (χ3v) is 12.9. The maximum atomic E-state index is 14.4. The Morgan fingerprint density at radius 3 is 2.10 bits per heavy atom. The predicted molar refractivity (Wildman–Crippen MR) is 215 cm³/mol. The van der Waals surface area contributed by atoms with Crippen LogP contribution >= 0.6 is 0 Å². The normalized spacial score (nSPS) is 47.1. The minimum Gasteiger partial charge on any atom is -0.459 e. The second-order valence-electron chi connectivity index (χ2n) is 19.0. The van der Waals surface area contributed by atoms with Gasteiger partial charge in [-0.15, -0.1) is 0 Å². The van der Waals surface area contributed by atoms with Crippen LogP contribution in [-0.4, -0.2) is 155 Å². The number of aliphatic hydroxyl groups excluding tert-OH is 2. The Morgan fingerprint density at radius 2 is 1.53 bits per heavy atom. The molecular formula is C42H75N3O13. The summed E-state index contributed by atoms with van der Waals surface area (Å²) in [6, 6.07) is -0.568. The molecule has 16 heteroatoms. The number of methoxy groups -OCH3 is 2. The lowest BCUT2D eigenvalue weighted by molar-refractivity contribution is -0.315. The molecule has 0 bridgehead atoms. The molecule has 0 saturated carbocycles. The number of aliphatic hydroxyl groups is 3. The van der Waals surface area contributed by atoms with Gasteiger partial charge in [0.1, 0.15) is 23.9 Å². The first kappa shape index (κ1) is 48.5. The summed E-state index contributed by atoms with van der Waals surface area (Å²) in [5.41, 5.74) is -4.62. The van der Waals surface area contributed by atoms with Crippen LogP contribution in [0.2, 0.25) is 0 Å². The number of rotatable bonds is 7. The number of amides is 1. The number of cyclic esters (lactones) is 1. The fourth-order valence-corrected chi connectivity index (χ4v) is 9.14. The Kier molecular flexibility index (Phi) is 15.4. The summed E-state index contributed by atoms with van der Waals surface area (Å²) < 4.78 is 51.5. The molecule has 0 aromatic heterocycles. The Labute approximate surface area is 345 Å². The average Bonchev–Trinajstić information content (AvgIpc) is 3.44. The Morgan fingerprint density at radius 1 is 0.914 bits per heavy atom. The van der Waals surface area contributed by atoms with Crippen LogP contribution in [0.1, 0.15) is 116 Å². The molecule has 0 unspecified atom stereocenters. The van der Waals surface area contributed by atoms with E-state index in [0.717, 1.165) is 0 Å². The maximum absolute atomic E-state index is 14.4. The van der Waals surface area contributed by atoms with E-state index in [1.807, 2.05) is 53.5 Å². The molecule has 1 amide bonds. The van der Waals surface area contributed by atoms with E-state index in [1.54, 1.807) is 48.7 Å². The van der Waals surface area contributed by atoms with E-state index in [4.69, 9.17) is 42.9 Å². The van der Waals surface area contributed by atoms with Gasteiger partial charge in [-0.1, -0.05) is 20.8 Å². The first-order valence-electron chi connectivity index (χ1n) is 21.0. The number of esters is 1. The lowest BCUT2D eigenvalue weighted by Gasteiger charge is -2.49. The van der Waals surface area contributed by atoms with Crippen molar-refractivity contribution in [1.29, 1.82) is 0 Å². The van der Waals surface area contributed by atoms with Crippen molar-refractivity contribution in [3.8, 4) is 0 Å². The van der Waals surface area contributed by atoms with Crippen LogP contribution in [0.3, 0.4) is 0 Å². The number of hydrogen-bond acceptors (Lipinski definition) is 14. The number of amidine groups is 1. The molecule has 0 aromatic carbocycles. The zero-order valence-corrected chi connectivity index (χ0v) is 37.8. The van der Waals surface area contributed by atoms with Crippen molar-refractivity contribution < 1.29 is 62.8 Å². The number of fused-ring (bicyclic) bond motifs is 1. The number of nitrogens with one attached hydrogen (secondary N) is 1. The first-order chi connectivity index (χ1) is 26.7. The molecule has 58 heavy (non-hydrogen) atoms. The molecule has 336 valence electrons. The van der Waals surface area contributed by atoms with Gasteiger partial charge in [-0.3, -0.25) is 9.59 Å². The van der Waals surface area contributed by atoms with Crippen LogP contribution in [0.25, 0.3) is 0 Å². The maximum Gasteiger partial charge on any atom is 0.311 e. The highest BCUT2D eigenvalue weighted by atomic mass is 16.7. The SMILES string of the molecule is CC[C@H]1OC(=O)[C@H](C)[C@@H](O[C@H]2C[C@@](C)(OC)[C@@H](O)[C@H](C)O2)[C@H](C)[C@@H](O[C@@H]2O[C@H](C)C[C@H]3[C@H]2OC(=NC(C)(C)C)N3C)[C@](C)(OC)C[C@@H](C)C(=O)N[C@H](C)[C@@H](O)[C@]1(C)O. The number of aliphatic imine (C=N–C) groups is 1. The molecule has 18 atom stereocenters. The lowest BCUT2D eigenvalue weighted by Crippen LogP contribution is -2.60. The Bertz CT molecular complexity index is 1440. The number of carbonyl (C=O) groups is 2. The van der Waals surface area contributed by atoms with E-state index in [9.17, 15) is 24.9 Å². The van der Waals surface area contributed by atoms with Crippen molar-refractivity contribution in [3.63, 3.8) is 0 Å². The number of ether oxygens (including phenoxy) is 8. The van der Waals surface area contributed by atoms with Crippen LogP contribution in [0.15, 0.2) is 4.99 Å². The monoisotopic (exact) mass is 830 g/mol. The van der Waals surface area contributed by atoms with E-state index < -0.39 is 107 Å². The third kappa shape index (κ3) is 10.3. The van der Waals surface area contributed by atoms with E-state index in [0.29, 0.717) is 12.4 Å². The highest BCUT2D eigenvalue weighted by Gasteiger charge is 2.55. The summed E-state index contributed by atoms with van der Waals surface area (Å²) in [6.45, 7) is 23.4. The van der Waals surface area contributed by atoms with Gasteiger partial charge in [0, 0.05) is 39.5 Å². The summed E-state index contributed by atoms with van der Waals surface area (Å²) >= 11 is 0. The van der Waals surface area contributed by atoms with E-state index in [-0.39, 0.29) is 37.3 Å². The van der Waals surface area contributed by atoms with Gasteiger partial charge < -0.3 is 63.4 Å². The molecule has 16 nitrogen and oxygen atoms in total. The van der Waals surface area contributed by atoms with Crippen molar-refractivity contribution in [2.24, 2.45) is 22.7 Å². The lowest BCUT2D eigenvalue weighted by atomic mass is 9.77.